The van der Waals surface area contributed by atoms with Crippen molar-refractivity contribution in [2.45, 2.75) is 0 Å². The van der Waals surface area contributed by atoms with Gasteiger partial charge in [0.15, 0.2) is 5.58 Å². The molecule has 154 valence electrons. The highest BCUT2D eigenvalue weighted by Crippen LogP contribution is 2.41. The molecule has 8 aromatic rings. The van der Waals surface area contributed by atoms with Crippen molar-refractivity contribution < 1.29 is 4.42 Å². The Hall–Kier alpha value is -4.50. The first kappa shape index (κ1) is 17.1. The number of aromatic amines is 1. The van der Waals surface area contributed by atoms with E-state index in [9.17, 15) is 0 Å². The van der Waals surface area contributed by atoms with Gasteiger partial charge in [-0.3, -0.25) is 0 Å². The van der Waals surface area contributed by atoms with Crippen molar-refractivity contribution in [1.82, 2.24) is 9.55 Å². The van der Waals surface area contributed by atoms with E-state index >= 15 is 0 Å². The lowest BCUT2D eigenvalue weighted by Gasteiger charge is -2.08. The Balaban J connectivity index is 1.61. The summed E-state index contributed by atoms with van der Waals surface area (Å²) in [6, 6.07) is 36.4. The average molecular weight is 422 g/mol. The Kier molecular flexibility index (Phi) is 3.14. The molecule has 0 atom stereocenters. The van der Waals surface area contributed by atoms with Gasteiger partial charge >= 0.3 is 0 Å². The SMILES string of the molecule is c1ccc(-n2c3ccccc3c3ccc4c5ccc6c7ccccc7oc6c5[nH]c4c32)cc1. The Bertz CT molecular complexity index is 2020. The van der Waals surface area contributed by atoms with E-state index in [0.717, 1.165) is 38.7 Å². The monoisotopic (exact) mass is 422 g/mol. The summed E-state index contributed by atoms with van der Waals surface area (Å²) in [5.41, 5.74) is 7.58. The fourth-order valence-electron chi connectivity index (χ4n) is 5.52. The lowest BCUT2D eigenvalue weighted by Crippen LogP contribution is -1.93. The van der Waals surface area contributed by atoms with Crippen LogP contribution in [0, 0.1) is 0 Å². The smallest absolute Gasteiger partial charge is 0.159 e. The van der Waals surface area contributed by atoms with E-state index < -0.39 is 0 Å². The molecule has 0 fully saturated rings. The van der Waals surface area contributed by atoms with E-state index in [4.69, 9.17) is 4.42 Å². The van der Waals surface area contributed by atoms with Crippen LogP contribution in [0.3, 0.4) is 0 Å². The van der Waals surface area contributed by atoms with Crippen LogP contribution in [-0.2, 0) is 0 Å². The van der Waals surface area contributed by atoms with E-state index in [0.29, 0.717) is 0 Å². The third kappa shape index (κ3) is 2.14. The fourth-order valence-corrected chi connectivity index (χ4v) is 5.52. The number of para-hydroxylation sites is 3. The molecule has 0 saturated heterocycles. The van der Waals surface area contributed by atoms with Crippen molar-refractivity contribution in [3.05, 3.63) is 103 Å². The van der Waals surface area contributed by atoms with Gasteiger partial charge in [0.05, 0.1) is 22.1 Å². The summed E-state index contributed by atoms with van der Waals surface area (Å²) in [5.74, 6) is 0. The normalized spacial score (nSPS) is 12.2. The minimum absolute atomic E-state index is 0.917. The summed E-state index contributed by atoms with van der Waals surface area (Å²) in [7, 11) is 0. The molecule has 0 aliphatic carbocycles. The van der Waals surface area contributed by atoms with Gasteiger partial charge < -0.3 is 14.0 Å². The molecule has 0 unspecified atom stereocenters. The minimum atomic E-state index is 0.917. The van der Waals surface area contributed by atoms with Crippen molar-refractivity contribution in [2.24, 2.45) is 0 Å². The van der Waals surface area contributed by atoms with Gasteiger partial charge in [0, 0.05) is 38.0 Å². The van der Waals surface area contributed by atoms with Crippen LogP contribution < -0.4 is 0 Å². The van der Waals surface area contributed by atoms with Crippen molar-refractivity contribution in [2.75, 3.05) is 0 Å². The second kappa shape index (κ2) is 6.05. The number of hydrogen-bond acceptors (Lipinski definition) is 1. The van der Waals surface area contributed by atoms with Gasteiger partial charge in [-0.25, -0.2) is 0 Å². The van der Waals surface area contributed by atoms with Crippen molar-refractivity contribution >= 4 is 65.6 Å². The van der Waals surface area contributed by atoms with Crippen LogP contribution in [0.2, 0.25) is 0 Å². The van der Waals surface area contributed by atoms with Crippen LogP contribution >= 0.6 is 0 Å². The van der Waals surface area contributed by atoms with Gasteiger partial charge in [0.2, 0.25) is 0 Å². The molecule has 3 nitrogen and oxygen atoms in total. The number of furan rings is 1. The zero-order valence-corrected chi connectivity index (χ0v) is 17.7. The van der Waals surface area contributed by atoms with Gasteiger partial charge in [0.1, 0.15) is 5.58 Å². The van der Waals surface area contributed by atoms with Gasteiger partial charge in [-0.05, 0) is 30.3 Å². The van der Waals surface area contributed by atoms with Crippen LogP contribution in [0.25, 0.3) is 71.2 Å². The highest BCUT2D eigenvalue weighted by atomic mass is 16.3. The first-order chi connectivity index (χ1) is 16.4. The van der Waals surface area contributed by atoms with Crippen LogP contribution in [0.15, 0.2) is 108 Å². The van der Waals surface area contributed by atoms with Gasteiger partial charge in [0.25, 0.3) is 0 Å². The van der Waals surface area contributed by atoms with Crippen LogP contribution in [0.4, 0.5) is 0 Å². The van der Waals surface area contributed by atoms with Gasteiger partial charge in [-0.2, -0.15) is 0 Å². The Morgan fingerprint density at radius 1 is 0.515 bits per heavy atom. The Morgan fingerprint density at radius 3 is 2.06 bits per heavy atom. The minimum Gasteiger partial charge on any atom is -0.454 e. The zero-order valence-electron chi connectivity index (χ0n) is 17.7. The fraction of sp³-hybridized carbons (Fsp3) is 0. The molecule has 0 spiro atoms. The number of nitrogens with zero attached hydrogens (tertiary/aromatic N) is 1. The molecule has 0 aliphatic heterocycles. The second-order valence-corrected chi connectivity index (χ2v) is 8.66. The first-order valence-electron chi connectivity index (χ1n) is 11.2. The lowest BCUT2D eigenvalue weighted by molar-refractivity contribution is 0.672. The molecule has 3 heteroatoms. The topological polar surface area (TPSA) is 33.9 Å². The summed E-state index contributed by atoms with van der Waals surface area (Å²) in [5, 5.41) is 7.18. The largest absolute Gasteiger partial charge is 0.454 e. The molecule has 1 N–H and O–H groups in total. The predicted molar refractivity (Wildman–Crippen MR) is 137 cm³/mol. The first-order valence-corrected chi connectivity index (χ1v) is 11.2. The number of nitrogens with one attached hydrogen (secondary N) is 1. The molecular formula is C30H18N2O. The Morgan fingerprint density at radius 2 is 1.18 bits per heavy atom. The lowest BCUT2D eigenvalue weighted by atomic mass is 10.1. The number of H-pyrrole nitrogens is 1. The van der Waals surface area contributed by atoms with Crippen molar-refractivity contribution in [1.29, 1.82) is 0 Å². The van der Waals surface area contributed by atoms with Crippen LogP contribution in [0.1, 0.15) is 0 Å². The molecule has 0 amide bonds. The zero-order chi connectivity index (χ0) is 21.5. The van der Waals surface area contributed by atoms with E-state index in [1.807, 2.05) is 12.1 Å². The maximum absolute atomic E-state index is 6.34. The molecule has 0 saturated carbocycles. The third-order valence-electron chi connectivity index (χ3n) is 6.94. The second-order valence-electron chi connectivity index (χ2n) is 8.66. The van der Waals surface area contributed by atoms with E-state index in [2.05, 4.69) is 101 Å². The van der Waals surface area contributed by atoms with Gasteiger partial charge in [-0.1, -0.05) is 72.8 Å². The number of rotatable bonds is 1. The molecule has 0 aliphatic rings. The molecular weight excluding hydrogens is 404 g/mol. The third-order valence-corrected chi connectivity index (χ3v) is 6.94. The van der Waals surface area contributed by atoms with Gasteiger partial charge in [-0.15, -0.1) is 0 Å². The highest BCUT2D eigenvalue weighted by molar-refractivity contribution is 6.26. The summed E-state index contributed by atoms with van der Waals surface area (Å²) in [6.45, 7) is 0. The molecule has 0 radical (unpaired) electrons. The average Bonchev–Trinajstić information content (AvgIpc) is 3.53. The molecule has 33 heavy (non-hydrogen) atoms. The molecule has 0 bridgehead atoms. The summed E-state index contributed by atoms with van der Waals surface area (Å²) in [6.07, 6.45) is 0. The van der Waals surface area contributed by atoms with Crippen LogP contribution in [0.5, 0.6) is 0 Å². The maximum atomic E-state index is 6.34. The quantitative estimate of drug-likeness (QED) is 0.283. The maximum Gasteiger partial charge on any atom is 0.159 e. The van der Waals surface area contributed by atoms with Crippen LogP contribution in [-0.4, -0.2) is 9.55 Å². The van der Waals surface area contributed by atoms with E-state index in [1.165, 1.54) is 32.6 Å². The predicted octanol–water partition coefficient (Wildman–Crippen LogP) is 8.32. The van der Waals surface area contributed by atoms with Crippen molar-refractivity contribution in [3.63, 3.8) is 0 Å². The summed E-state index contributed by atoms with van der Waals surface area (Å²) in [4.78, 5) is 3.78. The molecule has 5 aromatic carbocycles. The molecule has 3 heterocycles. The van der Waals surface area contributed by atoms with Crippen molar-refractivity contribution in [3.8, 4) is 5.69 Å². The molecule has 8 rings (SSSR count). The number of benzene rings is 5. The summed E-state index contributed by atoms with van der Waals surface area (Å²) < 4.78 is 8.72. The standard InChI is InChI=1S/C30H18N2O/c1-2-8-18(9-3-1)32-25-12-6-4-10-19(25)23-16-14-21-22-15-17-24-20-11-5-7-13-26(20)33-30(24)28(22)31-27(21)29(23)32/h1-17,31H. The van der Waals surface area contributed by atoms with E-state index in [1.54, 1.807) is 0 Å². The number of hydrogen-bond donors (Lipinski definition) is 1. The highest BCUT2D eigenvalue weighted by Gasteiger charge is 2.19. The number of fused-ring (bicyclic) bond motifs is 11. The number of aromatic nitrogens is 2. The molecule has 3 aromatic heterocycles. The Labute approximate surface area is 188 Å². The van der Waals surface area contributed by atoms with E-state index in [-0.39, 0.29) is 0 Å². The summed E-state index contributed by atoms with van der Waals surface area (Å²) >= 11 is 0.